The summed E-state index contributed by atoms with van der Waals surface area (Å²) in [5, 5.41) is 0. The van der Waals surface area contributed by atoms with E-state index in [9.17, 15) is 4.79 Å². The van der Waals surface area contributed by atoms with Crippen molar-refractivity contribution >= 4 is 5.97 Å². The average Bonchev–Trinajstić information content (AvgIpc) is 2.32. The zero-order valence-corrected chi connectivity index (χ0v) is 9.72. The number of carbonyl (C=O) groups is 1. The fourth-order valence-corrected chi connectivity index (χ4v) is 1.72. The lowest BCUT2D eigenvalue weighted by Crippen LogP contribution is -2.54. The summed E-state index contributed by atoms with van der Waals surface area (Å²) in [7, 11) is 0. The van der Waals surface area contributed by atoms with Crippen molar-refractivity contribution in [2.75, 3.05) is 13.2 Å². The molecule has 0 spiro atoms. The fraction of sp³-hybridized carbons (Fsp3) is 0.462. The van der Waals surface area contributed by atoms with Crippen LogP contribution in [0, 0.1) is 0 Å². The van der Waals surface area contributed by atoms with Crippen molar-refractivity contribution in [1.82, 2.24) is 0 Å². The maximum absolute atomic E-state index is 11.6. The number of nitrogens with two attached hydrogens (primary N) is 1. The lowest BCUT2D eigenvalue weighted by atomic mass is 9.78. The first-order valence-electron chi connectivity index (χ1n) is 5.85. The molecule has 17 heavy (non-hydrogen) atoms. The second kappa shape index (κ2) is 5.19. The fourth-order valence-electron chi connectivity index (χ4n) is 1.72. The Bertz CT molecular complexity index is 374. The summed E-state index contributed by atoms with van der Waals surface area (Å²) in [6, 6.07) is 9.42. The highest BCUT2D eigenvalue weighted by molar-refractivity contribution is 5.81. The number of hydrogen-bond donors (Lipinski definition) is 1. The maximum atomic E-state index is 11.6. The van der Waals surface area contributed by atoms with E-state index in [0.29, 0.717) is 6.61 Å². The highest BCUT2D eigenvalue weighted by Gasteiger charge is 2.41. The molecule has 0 aromatic heterocycles. The molecular weight excluding hydrogens is 218 g/mol. The Kier molecular flexibility index (Phi) is 3.64. The van der Waals surface area contributed by atoms with E-state index < -0.39 is 5.54 Å². The zero-order valence-electron chi connectivity index (χ0n) is 9.72. The third kappa shape index (κ3) is 2.97. The molecule has 92 valence electrons. The van der Waals surface area contributed by atoms with Crippen molar-refractivity contribution in [3.8, 4) is 5.75 Å². The molecule has 0 amide bonds. The Morgan fingerprint density at radius 1 is 1.24 bits per heavy atom. The van der Waals surface area contributed by atoms with E-state index in [-0.39, 0.29) is 12.6 Å². The number of hydrogen-bond acceptors (Lipinski definition) is 4. The second-order valence-electron chi connectivity index (χ2n) is 4.31. The van der Waals surface area contributed by atoms with Crippen molar-refractivity contribution in [3.63, 3.8) is 0 Å². The van der Waals surface area contributed by atoms with Crippen molar-refractivity contribution < 1.29 is 14.3 Å². The van der Waals surface area contributed by atoms with Gasteiger partial charge in [0, 0.05) is 0 Å². The van der Waals surface area contributed by atoms with Crippen molar-refractivity contribution in [2.45, 2.75) is 24.8 Å². The predicted octanol–water partition coefficient (Wildman–Crippen LogP) is 1.49. The summed E-state index contributed by atoms with van der Waals surface area (Å²) in [5.41, 5.74) is 5.09. The van der Waals surface area contributed by atoms with Gasteiger partial charge in [-0.2, -0.15) is 0 Å². The normalized spacial score (nSPS) is 17.0. The number of rotatable bonds is 5. The predicted molar refractivity (Wildman–Crippen MR) is 63.7 cm³/mol. The monoisotopic (exact) mass is 235 g/mol. The van der Waals surface area contributed by atoms with Crippen LogP contribution in [0.5, 0.6) is 5.75 Å². The highest BCUT2D eigenvalue weighted by Crippen LogP contribution is 2.30. The largest absolute Gasteiger partial charge is 0.490 e. The molecule has 1 fully saturated rings. The van der Waals surface area contributed by atoms with Crippen LogP contribution in [0.25, 0.3) is 0 Å². The molecule has 2 rings (SSSR count). The average molecular weight is 235 g/mol. The van der Waals surface area contributed by atoms with Crippen LogP contribution in [0.1, 0.15) is 19.3 Å². The molecule has 4 nitrogen and oxygen atoms in total. The Hall–Kier alpha value is -1.55. The molecule has 0 aliphatic heterocycles. The van der Waals surface area contributed by atoms with E-state index >= 15 is 0 Å². The first-order chi connectivity index (χ1) is 8.21. The van der Waals surface area contributed by atoms with Crippen LogP contribution in [0.2, 0.25) is 0 Å². The van der Waals surface area contributed by atoms with Gasteiger partial charge < -0.3 is 15.2 Å². The Labute approximate surface area is 101 Å². The van der Waals surface area contributed by atoms with Crippen LogP contribution in [-0.4, -0.2) is 24.7 Å². The van der Waals surface area contributed by atoms with Gasteiger partial charge in [0.05, 0.1) is 0 Å². The summed E-state index contributed by atoms with van der Waals surface area (Å²) in [4.78, 5) is 11.6. The Balaban J connectivity index is 1.65. The molecule has 1 aromatic carbocycles. The second-order valence-corrected chi connectivity index (χ2v) is 4.31. The zero-order chi connectivity index (χ0) is 12.1. The van der Waals surface area contributed by atoms with Gasteiger partial charge in [0.1, 0.15) is 24.5 Å². The molecule has 4 heteroatoms. The number of carbonyl (C=O) groups excluding carboxylic acids is 1. The number of esters is 1. The molecule has 0 unspecified atom stereocenters. The van der Waals surface area contributed by atoms with Gasteiger partial charge in [-0.15, -0.1) is 0 Å². The molecule has 1 saturated carbocycles. The quantitative estimate of drug-likeness (QED) is 0.620. The minimum atomic E-state index is -0.729. The molecule has 0 radical (unpaired) electrons. The lowest BCUT2D eigenvalue weighted by molar-refractivity contribution is -0.154. The van der Waals surface area contributed by atoms with Gasteiger partial charge >= 0.3 is 5.97 Å². The number of para-hydroxylation sites is 1. The van der Waals surface area contributed by atoms with E-state index in [1.807, 2.05) is 30.3 Å². The number of benzene rings is 1. The van der Waals surface area contributed by atoms with Gasteiger partial charge in [0.25, 0.3) is 0 Å². The molecular formula is C13H17NO3. The van der Waals surface area contributed by atoms with Gasteiger partial charge in [-0.05, 0) is 31.4 Å². The van der Waals surface area contributed by atoms with E-state index in [2.05, 4.69) is 0 Å². The van der Waals surface area contributed by atoms with E-state index in [1.165, 1.54) is 0 Å². The minimum Gasteiger partial charge on any atom is -0.490 e. The Morgan fingerprint density at radius 2 is 1.94 bits per heavy atom. The molecule has 0 heterocycles. The summed E-state index contributed by atoms with van der Waals surface area (Å²) < 4.78 is 10.5. The van der Waals surface area contributed by atoms with Crippen molar-refractivity contribution in [3.05, 3.63) is 30.3 Å². The smallest absolute Gasteiger partial charge is 0.326 e. The third-order valence-corrected chi connectivity index (χ3v) is 2.98. The summed E-state index contributed by atoms with van der Waals surface area (Å²) in [6.45, 7) is 0.596. The molecule has 0 atom stereocenters. The summed E-state index contributed by atoms with van der Waals surface area (Å²) >= 11 is 0. The third-order valence-electron chi connectivity index (χ3n) is 2.98. The van der Waals surface area contributed by atoms with Gasteiger partial charge in [0.15, 0.2) is 0 Å². The van der Waals surface area contributed by atoms with Crippen LogP contribution in [0.3, 0.4) is 0 Å². The van der Waals surface area contributed by atoms with Crippen LogP contribution in [-0.2, 0) is 9.53 Å². The SMILES string of the molecule is NC1(C(=O)OCCOc2ccccc2)CCC1. The van der Waals surface area contributed by atoms with Crippen LogP contribution in [0.4, 0.5) is 0 Å². The summed E-state index contributed by atoms with van der Waals surface area (Å²) in [6.07, 6.45) is 2.46. The number of ether oxygens (including phenoxy) is 2. The minimum absolute atomic E-state index is 0.243. The topological polar surface area (TPSA) is 61.6 Å². The van der Waals surface area contributed by atoms with E-state index in [1.54, 1.807) is 0 Å². The highest BCUT2D eigenvalue weighted by atomic mass is 16.6. The molecule has 2 N–H and O–H groups in total. The molecule has 1 aromatic rings. The molecule has 1 aliphatic carbocycles. The molecule has 0 bridgehead atoms. The van der Waals surface area contributed by atoms with Gasteiger partial charge in [-0.3, -0.25) is 4.79 Å². The standard InChI is InChI=1S/C13H17NO3/c14-13(7-4-8-13)12(15)17-10-9-16-11-5-2-1-3-6-11/h1-3,5-6H,4,7-10,14H2. The van der Waals surface area contributed by atoms with Crippen LogP contribution in [0.15, 0.2) is 30.3 Å². The molecule has 0 saturated heterocycles. The molecule has 1 aliphatic rings. The van der Waals surface area contributed by atoms with Gasteiger partial charge in [-0.25, -0.2) is 0 Å². The van der Waals surface area contributed by atoms with Crippen LogP contribution < -0.4 is 10.5 Å². The summed E-state index contributed by atoms with van der Waals surface area (Å²) in [5.74, 6) is 0.468. The van der Waals surface area contributed by atoms with E-state index in [4.69, 9.17) is 15.2 Å². The van der Waals surface area contributed by atoms with Crippen molar-refractivity contribution in [1.29, 1.82) is 0 Å². The first kappa shape index (κ1) is 11.9. The maximum Gasteiger partial charge on any atom is 0.326 e. The lowest BCUT2D eigenvalue weighted by Gasteiger charge is -2.34. The van der Waals surface area contributed by atoms with Crippen LogP contribution >= 0.6 is 0 Å². The van der Waals surface area contributed by atoms with Crippen molar-refractivity contribution in [2.24, 2.45) is 5.73 Å². The first-order valence-corrected chi connectivity index (χ1v) is 5.85. The van der Waals surface area contributed by atoms with E-state index in [0.717, 1.165) is 25.0 Å². The van der Waals surface area contributed by atoms with Gasteiger partial charge in [-0.1, -0.05) is 18.2 Å². The van der Waals surface area contributed by atoms with Gasteiger partial charge in [0.2, 0.25) is 0 Å². The Morgan fingerprint density at radius 3 is 2.53 bits per heavy atom.